The van der Waals surface area contributed by atoms with Gasteiger partial charge >= 0.3 is 0 Å². The number of hydrogen-bond acceptors (Lipinski definition) is 6. The molecule has 0 bridgehead atoms. The van der Waals surface area contributed by atoms with Crippen LogP contribution in [0.4, 0.5) is 0 Å². The fraction of sp³-hybridized carbons (Fsp3) is 0.214. The summed E-state index contributed by atoms with van der Waals surface area (Å²) in [4.78, 5) is 18.3. The van der Waals surface area contributed by atoms with Gasteiger partial charge in [-0.3, -0.25) is 9.69 Å². The molecule has 2 heterocycles. The van der Waals surface area contributed by atoms with Gasteiger partial charge in [0.15, 0.2) is 5.82 Å². The minimum Gasteiger partial charge on any atom is -0.497 e. The van der Waals surface area contributed by atoms with E-state index in [1.807, 2.05) is 78.3 Å². The quantitative estimate of drug-likeness (QED) is 0.342. The molecular weight excluding hydrogens is 452 g/mol. The van der Waals surface area contributed by atoms with Crippen molar-refractivity contribution in [3.8, 4) is 5.75 Å². The van der Waals surface area contributed by atoms with E-state index in [0.717, 1.165) is 39.2 Å². The van der Waals surface area contributed by atoms with Crippen molar-refractivity contribution in [3.63, 3.8) is 0 Å². The van der Waals surface area contributed by atoms with Crippen molar-refractivity contribution in [2.24, 2.45) is 0 Å². The Hall–Kier alpha value is -4.30. The van der Waals surface area contributed by atoms with E-state index in [9.17, 15) is 4.79 Å². The molecule has 0 spiro atoms. The molecule has 0 aliphatic rings. The Morgan fingerprint density at radius 2 is 1.72 bits per heavy atom. The largest absolute Gasteiger partial charge is 0.497 e. The summed E-state index contributed by atoms with van der Waals surface area (Å²) in [5, 5.41) is 13.5. The van der Waals surface area contributed by atoms with Gasteiger partial charge in [-0.15, -0.1) is 5.10 Å². The SMILES string of the molecule is COc1ccc(CN(Cc2cc3cccc(C)c3[nH]c2=O)Cc2nnnn2Cc2ccccc2)cc1. The number of aromatic nitrogens is 5. The fourth-order valence-electron chi connectivity index (χ4n) is 4.36. The molecule has 1 N–H and O–H groups in total. The number of aromatic amines is 1. The van der Waals surface area contributed by atoms with Crippen molar-refractivity contribution >= 4 is 10.9 Å². The second kappa shape index (κ2) is 10.5. The van der Waals surface area contributed by atoms with E-state index in [1.165, 1.54) is 0 Å². The fourth-order valence-corrected chi connectivity index (χ4v) is 4.36. The number of fused-ring (bicyclic) bond motifs is 1. The molecule has 0 atom stereocenters. The number of nitrogens with one attached hydrogen (secondary N) is 1. The van der Waals surface area contributed by atoms with Gasteiger partial charge in [-0.1, -0.05) is 60.7 Å². The Morgan fingerprint density at radius 1 is 0.917 bits per heavy atom. The zero-order chi connectivity index (χ0) is 24.9. The van der Waals surface area contributed by atoms with Crippen LogP contribution in [0, 0.1) is 6.92 Å². The highest BCUT2D eigenvalue weighted by Crippen LogP contribution is 2.19. The average molecular weight is 481 g/mol. The van der Waals surface area contributed by atoms with Crippen molar-refractivity contribution in [3.05, 3.63) is 117 Å². The van der Waals surface area contributed by atoms with E-state index in [-0.39, 0.29) is 5.56 Å². The first-order chi connectivity index (χ1) is 17.6. The maximum absolute atomic E-state index is 13.0. The summed E-state index contributed by atoms with van der Waals surface area (Å²) in [5.41, 5.74) is 4.76. The maximum atomic E-state index is 13.0. The Balaban J connectivity index is 1.44. The Bertz CT molecular complexity index is 1510. The van der Waals surface area contributed by atoms with Crippen LogP contribution < -0.4 is 10.3 Å². The molecule has 0 saturated carbocycles. The molecule has 0 saturated heterocycles. The minimum absolute atomic E-state index is 0.0830. The summed E-state index contributed by atoms with van der Waals surface area (Å²) in [6.45, 7) is 4.13. The van der Waals surface area contributed by atoms with E-state index < -0.39 is 0 Å². The number of tetrazole rings is 1. The lowest BCUT2D eigenvalue weighted by Crippen LogP contribution is -2.28. The number of ether oxygens (including phenoxy) is 1. The highest BCUT2D eigenvalue weighted by Gasteiger charge is 2.16. The second-order valence-electron chi connectivity index (χ2n) is 8.89. The standard InChI is InChI=1S/C28H28N6O2/c1-20-7-6-10-23-15-24(28(35)29-27(20)23)18-33(16-22-11-13-25(36-2)14-12-22)19-26-30-31-32-34(26)17-21-8-4-3-5-9-21/h3-15H,16-19H2,1-2H3,(H,29,35). The van der Waals surface area contributed by atoms with Gasteiger partial charge in [0.2, 0.25) is 0 Å². The summed E-state index contributed by atoms with van der Waals surface area (Å²) in [6.07, 6.45) is 0. The van der Waals surface area contributed by atoms with Gasteiger partial charge in [0, 0.05) is 18.7 Å². The highest BCUT2D eigenvalue weighted by molar-refractivity contribution is 5.81. The monoisotopic (exact) mass is 480 g/mol. The Kier molecular flexibility index (Phi) is 6.86. The van der Waals surface area contributed by atoms with E-state index in [4.69, 9.17) is 4.74 Å². The van der Waals surface area contributed by atoms with E-state index >= 15 is 0 Å². The Morgan fingerprint density at radius 3 is 2.50 bits per heavy atom. The third-order valence-corrected chi connectivity index (χ3v) is 6.27. The zero-order valence-electron chi connectivity index (χ0n) is 20.4. The first-order valence-corrected chi connectivity index (χ1v) is 11.8. The van der Waals surface area contributed by atoms with Gasteiger partial charge in [0.1, 0.15) is 5.75 Å². The summed E-state index contributed by atoms with van der Waals surface area (Å²) in [7, 11) is 1.65. The average Bonchev–Trinajstić information content (AvgIpc) is 3.32. The van der Waals surface area contributed by atoms with E-state index in [2.05, 4.69) is 37.5 Å². The lowest BCUT2D eigenvalue weighted by molar-refractivity contribution is 0.236. The van der Waals surface area contributed by atoms with Crippen LogP contribution in [-0.4, -0.2) is 37.2 Å². The number of aryl methyl sites for hydroxylation is 1. The molecular formula is C28H28N6O2. The molecule has 36 heavy (non-hydrogen) atoms. The number of pyridine rings is 1. The molecule has 0 unspecified atom stereocenters. The van der Waals surface area contributed by atoms with Crippen molar-refractivity contribution in [2.45, 2.75) is 33.1 Å². The summed E-state index contributed by atoms with van der Waals surface area (Å²) < 4.78 is 7.11. The maximum Gasteiger partial charge on any atom is 0.252 e. The molecule has 8 heteroatoms. The number of hydrogen-bond donors (Lipinski definition) is 1. The normalized spacial score (nSPS) is 11.3. The molecule has 8 nitrogen and oxygen atoms in total. The first kappa shape index (κ1) is 23.4. The summed E-state index contributed by atoms with van der Waals surface area (Å²) in [5.74, 6) is 1.54. The zero-order valence-corrected chi connectivity index (χ0v) is 20.4. The number of rotatable bonds is 9. The second-order valence-corrected chi connectivity index (χ2v) is 8.89. The Labute approximate surface area is 209 Å². The third kappa shape index (κ3) is 5.34. The van der Waals surface area contributed by atoms with Crippen LogP contribution in [0.25, 0.3) is 10.9 Å². The lowest BCUT2D eigenvalue weighted by atomic mass is 10.1. The van der Waals surface area contributed by atoms with Gasteiger partial charge in [0.05, 0.1) is 25.7 Å². The minimum atomic E-state index is -0.0830. The topological polar surface area (TPSA) is 88.9 Å². The predicted molar refractivity (Wildman–Crippen MR) is 139 cm³/mol. The van der Waals surface area contributed by atoms with Crippen LogP contribution >= 0.6 is 0 Å². The van der Waals surface area contributed by atoms with Crippen molar-refractivity contribution in [1.82, 2.24) is 30.1 Å². The van der Waals surface area contributed by atoms with Crippen molar-refractivity contribution in [2.75, 3.05) is 7.11 Å². The van der Waals surface area contributed by atoms with Crippen LogP contribution in [0.2, 0.25) is 0 Å². The van der Waals surface area contributed by atoms with Gasteiger partial charge < -0.3 is 9.72 Å². The molecule has 0 amide bonds. The van der Waals surface area contributed by atoms with Crippen molar-refractivity contribution in [1.29, 1.82) is 0 Å². The molecule has 5 aromatic rings. The smallest absolute Gasteiger partial charge is 0.252 e. The van der Waals surface area contributed by atoms with Gasteiger partial charge in [-0.05, 0) is 57.6 Å². The number of methoxy groups -OCH3 is 1. The first-order valence-electron chi connectivity index (χ1n) is 11.8. The molecule has 2 aromatic heterocycles. The highest BCUT2D eigenvalue weighted by atomic mass is 16.5. The number of para-hydroxylation sites is 1. The molecule has 0 aliphatic carbocycles. The number of nitrogens with zero attached hydrogens (tertiary/aromatic N) is 5. The number of H-pyrrole nitrogens is 1. The molecule has 0 aliphatic heterocycles. The van der Waals surface area contributed by atoms with E-state index in [1.54, 1.807) is 7.11 Å². The molecule has 5 rings (SSSR count). The van der Waals surface area contributed by atoms with Gasteiger partial charge in [0.25, 0.3) is 5.56 Å². The molecule has 0 radical (unpaired) electrons. The van der Waals surface area contributed by atoms with Crippen LogP contribution in [0.1, 0.15) is 28.1 Å². The van der Waals surface area contributed by atoms with Crippen LogP contribution in [-0.2, 0) is 26.2 Å². The van der Waals surface area contributed by atoms with Gasteiger partial charge in [-0.25, -0.2) is 4.68 Å². The van der Waals surface area contributed by atoms with Gasteiger partial charge in [-0.2, -0.15) is 0 Å². The summed E-state index contributed by atoms with van der Waals surface area (Å²) in [6, 6.07) is 26.1. The van der Waals surface area contributed by atoms with Crippen molar-refractivity contribution < 1.29 is 4.74 Å². The lowest BCUT2D eigenvalue weighted by Gasteiger charge is -2.22. The van der Waals surface area contributed by atoms with E-state index in [0.29, 0.717) is 31.7 Å². The van der Waals surface area contributed by atoms with Crippen LogP contribution in [0.15, 0.2) is 83.7 Å². The molecule has 3 aromatic carbocycles. The molecule has 0 fully saturated rings. The van der Waals surface area contributed by atoms with Crippen LogP contribution in [0.5, 0.6) is 5.75 Å². The summed E-state index contributed by atoms with van der Waals surface area (Å²) >= 11 is 0. The molecule has 182 valence electrons. The predicted octanol–water partition coefficient (Wildman–Crippen LogP) is 4.08. The number of benzene rings is 3. The van der Waals surface area contributed by atoms with Crippen LogP contribution in [0.3, 0.4) is 0 Å². The third-order valence-electron chi connectivity index (χ3n) is 6.27.